The second-order valence-electron chi connectivity index (χ2n) is 3.36. The fraction of sp³-hybridized carbons (Fsp3) is 0.667. The Morgan fingerprint density at radius 1 is 1.58 bits per heavy atom. The molecule has 12 heavy (non-hydrogen) atoms. The van der Waals surface area contributed by atoms with Gasteiger partial charge in [-0.05, 0) is 12.3 Å². The Hall–Kier alpha value is -0.830. The van der Waals surface area contributed by atoms with Crippen molar-refractivity contribution in [2.75, 3.05) is 6.61 Å². The van der Waals surface area contributed by atoms with Crippen LogP contribution in [0.25, 0.3) is 0 Å². The second kappa shape index (κ2) is 4.26. The molecule has 0 fully saturated rings. The lowest BCUT2D eigenvalue weighted by atomic mass is 10.1. The molecule has 0 unspecified atom stereocenters. The summed E-state index contributed by atoms with van der Waals surface area (Å²) in [6.45, 7) is 4.40. The molecule has 1 heterocycles. The molecule has 0 aliphatic heterocycles. The average Bonchev–Trinajstić information content (AvgIpc) is 2.36. The third-order valence-electron chi connectivity index (χ3n) is 1.58. The van der Waals surface area contributed by atoms with Crippen LogP contribution in [0.15, 0.2) is 10.6 Å². The molecule has 3 nitrogen and oxygen atoms in total. The van der Waals surface area contributed by atoms with Crippen molar-refractivity contribution in [1.82, 2.24) is 5.16 Å². The average molecular weight is 169 g/mol. The van der Waals surface area contributed by atoms with Gasteiger partial charge in [-0.1, -0.05) is 19.0 Å². The monoisotopic (exact) mass is 169 g/mol. The normalized spacial score (nSPS) is 11.0. The molecule has 1 aromatic heterocycles. The van der Waals surface area contributed by atoms with Crippen LogP contribution in [-0.2, 0) is 12.8 Å². The maximum Gasteiger partial charge on any atom is 0.139 e. The molecule has 0 bridgehead atoms. The predicted molar refractivity (Wildman–Crippen MR) is 45.8 cm³/mol. The standard InChI is InChI=1S/C9H15NO2/c1-7(2)5-8-6-9(3-4-11)12-10-8/h6-7,11H,3-5H2,1-2H3. The largest absolute Gasteiger partial charge is 0.396 e. The number of aliphatic hydroxyl groups is 1. The number of aliphatic hydroxyl groups excluding tert-OH is 1. The van der Waals surface area contributed by atoms with Gasteiger partial charge in [0.05, 0.1) is 12.3 Å². The first-order valence-corrected chi connectivity index (χ1v) is 4.27. The third-order valence-corrected chi connectivity index (χ3v) is 1.58. The number of aromatic nitrogens is 1. The summed E-state index contributed by atoms with van der Waals surface area (Å²) in [4.78, 5) is 0. The van der Waals surface area contributed by atoms with Crippen molar-refractivity contribution in [2.24, 2.45) is 5.92 Å². The Morgan fingerprint density at radius 2 is 2.33 bits per heavy atom. The fourth-order valence-electron chi connectivity index (χ4n) is 1.10. The molecule has 1 N–H and O–H groups in total. The minimum absolute atomic E-state index is 0.121. The minimum Gasteiger partial charge on any atom is -0.396 e. The highest BCUT2D eigenvalue weighted by atomic mass is 16.5. The van der Waals surface area contributed by atoms with Gasteiger partial charge in [0.2, 0.25) is 0 Å². The quantitative estimate of drug-likeness (QED) is 0.741. The lowest BCUT2D eigenvalue weighted by molar-refractivity contribution is 0.276. The van der Waals surface area contributed by atoms with Gasteiger partial charge in [-0.2, -0.15) is 0 Å². The summed E-state index contributed by atoms with van der Waals surface area (Å²) in [6.07, 6.45) is 1.50. The van der Waals surface area contributed by atoms with Crippen molar-refractivity contribution in [3.05, 3.63) is 17.5 Å². The van der Waals surface area contributed by atoms with Crippen LogP contribution in [0.2, 0.25) is 0 Å². The van der Waals surface area contributed by atoms with Crippen LogP contribution >= 0.6 is 0 Å². The first-order valence-electron chi connectivity index (χ1n) is 4.27. The van der Waals surface area contributed by atoms with E-state index in [1.165, 1.54) is 0 Å². The molecule has 0 saturated heterocycles. The van der Waals surface area contributed by atoms with E-state index >= 15 is 0 Å². The Labute approximate surface area is 72.4 Å². The highest BCUT2D eigenvalue weighted by Gasteiger charge is 2.04. The van der Waals surface area contributed by atoms with Crippen LogP contribution in [0, 0.1) is 5.92 Å². The van der Waals surface area contributed by atoms with E-state index in [0.717, 1.165) is 17.9 Å². The van der Waals surface area contributed by atoms with Gasteiger partial charge in [0.1, 0.15) is 5.76 Å². The molecule has 3 heteroatoms. The molecule has 0 spiro atoms. The van der Waals surface area contributed by atoms with Gasteiger partial charge in [0.15, 0.2) is 0 Å². The lowest BCUT2D eigenvalue weighted by Gasteiger charge is -1.96. The van der Waals surface area contributed by atoms with Gasteiger partial charge in [-0.3, -0.25) is 0 Å². The van der Waals surface area contributed by atoms with E-state index in [4.69, 9.17) is 9.63 Å². The molecule has 68 valence electrons. The molecule has 0 radical (unpaired) electrons. The molecule has 1 rings (SSSR count). The first-order chi connectivity index (χ1) is 5.72. The highest BCUT2D eigenvalue weighted by Crippen LogP contribution is 2.09. The summed E-state index contributed by atoms with van der Waals surface area (Å²) in [6, 6.07) is 1.91. The summed E-state index contributed by atoms with van der Waals surface area (Å²) in [5.41, 5.74) is 0.980. The number of nitrogens with zero attached hydrogens (tertiary/aromatic N) is 1. The van der Waals surface area contributed by atoms with Crippen LogP contribution in [0.5, 0.6) is 0 Å². The third kappa shape index (κ3) is 2.66. The van der Waals surface area contributed by atoms with Crippen LogP contribution in [0.1, 0.15) is 25.3 Å². The van der Waals surface area contributed by atoms with Crippen molar-refractivity contribution in [2.45, 2.75) is 26.7 Å². The smallest absolute Gasteiger partial charge is 0.139 e. The molecule has 0 saturated carbocycles. The van der Waals surface area contributed by atoms with Crippen molar-refractivity contribution < 1.29 is 9.63 Å². The van der Waals surface area contributed by atoms with Crippen LogP contribution in [0.4, 0.5) is 0 Å². The summed E-state index contributed by atoms with van der Waals surface area (Å²) in [7, 11) is 0. The zero-order valence-electron chi connectivity index (χ0n) is 7.58. The molecule has 1 aromatic rings. The van der Waals surface area contributed by atoms with Gasteiger partial charge in [-0.25, -0.2) is 0 Å². The summed E-state index contributed by atoms with van der Waals surface area (Å²) in [5, 5.41) is 12.5. The number of hydrogen-bond acceptors (Lipinski definition) is 3. The van der Waals surface area contributed by atoms with Crippen molar-refractivity contribution in [3.8, 4) is 0 Å². The van der Waals surface area contributed by atoms with Crippen LogP contribution < -0.4 is 0 Å². The highest BCUT2D eigenvalue weighted by molar-refractivity contribution is 5.05. The van der Waals surface area contributed by atoms with Gasteiger partial charge in [-0.15, -0.1) is 0 Å². The van der Waals surface area contributed by atoms with E-state index in [2.05, 4.69) is 19.0 Å². The Bertz CT molecular complexity index is 230. The van der Waals surface area contributed by atoms with E-state index in [-0.39, 0.29) is 6.61 Å². The lowest BCUT2D eigenvalue weighted by Crippen LogP contribution is -1.93. The van der Waals surface area contributed by atoms with E-state index in [0.29, 0.717) is 12.3 Å². The SMILES string of the molecule is CC(C)Cc1cc(CCO)on1. The summed E-state index contributed by atoms with van der Waals surface area (Å²) >= 11 is 0. The molecular weight excluding hydrogens is 154 g/mol. The Morgan fingerprint density at radius 3 is 2.92 bits per heavy atom. The van der Waals surface area contributed by atoms with Gasteiger partial charge in [0.25, 0.3) is 0 Å². The molecule has 0 aromatic carbocycles. The van der Waals surface area contributed by atoms with Crippen LogP contribution in [0.3, 0.4) is 0 Å². The van der Waals surface area contributed by atoms with E-state index in [1.54, 1.807) is 0 Å². The predicted octanol–water partition coefficient (Wildman–Crippen LogP) is 1.41. The number of hydrogen-bond donors (Lipinski definition) is 1. The van der Waals surface area contributed by atoms with Crippen LogP contribution in [-0.4, -0.2) is 16.9 Å². The first kappa shape index (κ1) is 9.26. The minimum atomic E-state index is 0.121. The van der Waals surface area contributed by atoms with Gasteiger partial charge >= 0.3 is 0 Å². The zero-order valence-corrected chi connectivity index (χ0v) is 7.58. The summed E-state index contributed by atoms with van der Waals surface area (Å²) in [5.74, 6) is 1.37. The Kier molecular flexibility index (Phi) is 3.29. The second-order valence-corrected chi connectivity index (χ2v) is 3.36. The van der Waals surface area contributed by atoms with Gasteiger partial charge < -0.3 is 9.63 Å². The maximum absolute atomic E-state index is 8.62. The molecule has 0 aliphatic carbocycles. The van der Waals surface area contributed by atoms with E-state index in [9.17, 15) is 0 Å². The topological polar surface area (TPSA) is 46.3 Å². The van der Waals surface area contributed by atoms with Crippen molar-refractivity contribution >= 4 is 0 Å². The van der Waals surface area contributed by atoms with Gasteiger partial charge in [0, 0.05) is 12.5 Å². The molecular formula is C9H15NO2. The Balaban J connectivity index is 2.52. The summed E-state index contributed by atoms with van der Waals surface area (Å²) < 4.78 is 5.00. The van der Waals surface area contributed by atoms with Crippen molar-refractivity contribution in [1.29, 1.82) is 0 Å². The maximum atomic E-state index is 8.62. The molecule has 0 amide bonds. The van der Waals surface area contributed by atoms with E-state index in [1.807, 2.05) is 6.07 Å². The number of rotatable bonds is 4. The molecule has 0 atom stereocenters. The molecule has 0 aliphatic rings. The fourth-order valence-corrected chi connectivity index (χ4v) is 1.10. The zero-order chi connectivity index (χ0) is 8.97. The van der Waals surface area contributed by atoms with Crippen molar-refractivity contribution in [3.63, 3.8) is 0 Å². The van der Waals surface area contributed by atoms with E-state index < -0.39 is 0 Å².